The zero-order chi connectivity index (χ0) is 17.4. The van der Waals surface area contributed by atoms with Crippen LogP contribution in [0.3, 0.4) is 0 Å². The van der Waals surface area contributed by atoms with Crippen LogP contribution in [0.15, 0.2) is 24.3 Å². The molecule has 6 heteroatoms. The van der Waals surface area contributed by atoms with E-state index in [4.69, 9.17) is 0 Å². The second kappa shape index (κ2) is 9.05. The number of hydrogen-bond donors (Lipinski definition) is 3. The highest BCUT2D eigenvalue weighted by molar-refractivity contribution is 5.97. The molecule has 1 aromatic rings. The predicted molar refractivity (Wildman–Crippen MR) is 89.6 cm³/mol. The number of anilines is 1. The van der Waals surface area contributed by atoms with Crippen molar-refractivity contribution in [3.8, 4) is 0 Å². The second-order valence-corrected chi connectivity index (χ2v) is 5.86. The summed E-state index contributed by atoms with van der Waals surface area (Å²) in [6.45, 7) is 8.35. The molecule has 1 rings (SSSR count). The van der Waals surface area contributed by atoms with Crippen LogP contribution in [0.5, 0.6) is 0 Å². The van der Waals surface area contributed by atoms with Crippen LogP contribution in [0.25, 0.3) is 0 Å². The number of carbonyl (C=O) groups excluding carboxylic acids is 3. The summed E-state index contributed by atoms with van der Waals surface area (Å²) in [5, 5.41) is 5.59. The first kappa shape index (κ1) is 18.8. The van der Waals surface area contributed by atoms with Gasteiger partial charge in [-0.25, -0.2) is 0 Å². The van der Waals surface area contributed by atoms with E-state index in [9.17, 15) is 14.4 Å². The molecule has 0 spiro atoms. The van der Waals surface area contributed by atoms with Crippen LogP contribution >= 0.6 is 0 Å². The van der Waals surface area contributed by atoms with Gasteiger partial charge in [-0.1, -0.05) is 12.1 Å². The fourth-order valence-corrected chi connectivity index (χ4v) is 2.16. The molecule has 1 atom stereocenters. The van der Waals surface area contributed by atoms with Crippen LogP contribution in [0.4, 0.5) is 5.69 Å². The molecule has 0 heterocycles. The van der Waals surface area contributed by atoms with Crippen molar-refractivity contribution in [2.45, 2.75) is 33.7 Å². The Balaban J connectivity index is 2.58. The molecular weight excluding hydrogens is 294 g/mol. The highest BCUT2D eigenvalue weighted by atomic mass is 16.2. The van der Waals surface area contributed by atoms with Gasteiger partial charge in [0.25, 0.3) is 11.8 Å². The SMILES string of the molecule is CC[NH+](CC(=O)Nc1cccc(C(C)=O)c1)CC(=O)NC(C)C. The third kappa shape index (κ3) is 7.06. The van der Waals surface area contributed by atoms with Gasteiger partial charge in [-0.3, -0.25) is 14.4 Å². The molecule has 0 saturated heterocycles. The molecule has 0 saturated carbocycles. The van der Waals surface area contributed by atoms with Crippen molar-refractivity contribution in [2.75, 3.05) is 25.0 Å². The lowest BCUT2D eigenvalue weighted by molar-refractivity contribution is -0.881. The number of amides is 2. The van der Waals surface area contributed by atoms with E-state index in [0.29, 0.717) is 17.8 Å². The van der Waals surface area contributed by atoms with Crippen LogP contribution in [0.1, 0.15) is 38.1 Å². The Morgan fingerprint density at radius 2 is 1.78 bits per heavy atom. The number of rotatable bonds is 8. The van der Waals surface area contributed by atoms with E-state index < -0.39 is 0 Å². The second-order valence-electron chi connectivity index (χ2n) is 5.86. The van der Waals surface area contributed by atoms with Gasteiger partial charge in [-0.15, -0.1) is 0 Å². The number of quaternary nitrogens is 1. The monoisotopic (exact) mass is 320 g/mol. The molecule has 0 radical (unpaired) electrons. The lowest BCUT2D eigenvalue weighted by Crippen LogP contribution is -3.14. The summed E-state index contributed by atoms with van der Waals surface area (Å²) in [6, 6.07) is 6.91. The minimum absolute atomic E-state index is 0.0488. The fourth-order valence-electron chi connectivity index (χ4n) is 2.16. The van der Waals surface area contributed by atoms with Gasteiger partial charge in [-0.05, 0) is 39.8 Å². The van der Waals surface area contributed by atoms with Crippen molar-refractivity contribution in [1.29, 1.82) is 0 Å². The number of likely N-dealkylation sites (N-methyl/N-ethyl adjacent to an activating group) is 1. The zero-order valence-electron chi connectivity index (χ0n) is 14.2. The molecule has 0 aliphatic carbocycles. The van der Waals surface area contributed by atoms with Crippen molar-refractivity contribution < 1.29 is 19.3 Å². The predicted octanol–water partition coefficient (Wildman–Crippen LogP) is 0.257. The molecular formula is C17H26N3O3+. The molecule has 3 N–H and O–H groups in total. The van der Waals surface area contributed by atoms with Crippen LogP contribution in [0, 0.1) is 0 Å². The maximum Gasteiger partial charge on any atom is 0.279 e. The van der Waals surface area contributed by atoms with E-state index in [2.05, 4.69) is 10.6 Å². The maximum absolute atomic E-state index is 12.1. The lowest BCUT2D eigenvalue weighted by atomic mass is 10.1. The van der Waals surface area contributed by atoms with Crippen molar-refractivity contribution in [2.24, 2.45) is 0 Å². The van der Waals surface area contributed by atoms with E-state index in [0.717, 1.165) is 4.90 Å². The molecule has 0 aliphatic heterocycles. The summed E-state index contributed by atoms with van der Waals surface area (Å²) < 4.78 is 0. The average Bonchev–Trinajstić information content (AvgIpc) is 2.45. The summed E-state index contributed by atoms with van der Waals surface area (Å²) in [4.78, 5) is 36.1. The summed E-state index contributed by atoms with van der Waals surface area (Å²) >= 11 is 0. The minimum Gasteiger partial charge on any atom is -0.349 e. The Bertz CT molecular complexity index is 570. The molecule has 126 valence electrons. The Hall–Kier alpha value is -2.21. The number of nitrogens with one attached hydrogen (secondary N) is 3. The average molecular weight is 320 g/mol. The van der Waals surface area contributed by atoms with E-state index in [1.54, 1.807) is 24.3 Å². The van der Waals surface area contributed by atoms with Crippen molar-refractivity contribution in [3.63, 3.8) is 0 Å². The Kier molecular flexibility index (Phi) is 7.41. The van der Waals surface area contributed by atoms with Gasteiger partial charge in [-0.2, -0.15) is 0 Å². The van der Waals surface area contributed by atoms with Crippen molar-refractivity contribution >= 4 is 23.3 Å². The summed E-state index contributed by atoms with van der Waals surface area (Å²) in [5.74, 6) is -0.296. The van der Waals surface area contributed by atoms with Crippen molar-refractivity contribution in [3.05, 3.63) is 29.8 Å². The van der Waals surface area contributed by atoms with E-state index in [1.807, 2.05) is 20.8 Å². The molecule has 1 unspecified atom stereocenters. The summed E-state index contributed by atoms with van der Waals surface area (Å²) in [6.07, 6.45) is 0. The lowest BCUT2D eigenvalue weighted by Gasteiger charge is -2.18. The Morgan fingerprint density at radius 3 is 2.35 bits per heavy atom. The smallest absolute Gasteiger partial charge is 0.279 e. The largest absolute Gasteiger partial charge is 0.349 e. The molecule has 1 aromatic carbocycles. The standard InChI is InChI=1S/C17H25N3O3/c1-5-20(10-16(22)18-12(2)3)11-17(23)19-15-8-6-7-14(9-15)13(4)21/h6-9,12H,5,10-11H2,1-4H3,(H,18,22)(H,19,23)/p+1. The molecule has 0 fully saturated rings. The molecule has 0 aliphatic rings. The number of Topliss-reactive ketones (excluding diaryl/α,β-unsaturated/α-hetero) is 1. The van der Waals surface area contributed by atoms with Gasteiger partial charge in [0.1, 0.15) is 0 Å². The van der Waals surface area contributed by atoms with Gasteiger partial charge in [0.05, 0.1) is 6.54 Å². The minimum atomic E-state index is -0.181. The Morgan fingerprint density at radius 1 is 1.13 bits per heavy atom. The molecule has 0 bridgehead atoms. The summed E-state index contributed by atoms with van der Waals surface area (Å²) in [5.41, 5.74) is 1.14. The Labute approximate surface area is 137 Å². The number of carbonyl (C=O) groups is 3. The van der Waals surface area contributed by atoms with Gasteiger partial charge >= 0.3 is 0 Å². The number of ketones is 1. The first-order valence-corrected chi connectivity index (χ1v) is 7.85. The normalized spacial score (nSPS) is 11.9. The van der Waals surface area contributed by atoms with Crippen LogP contribution in [-0.2, 0) is 9.59 Å². The molecule has 0 aromatic heterocycles. The summed E-state index contributed by atoms with van der Waals surface area (Å²) in [7, 11) is 0. The van der Waals surface area contributed by atoms with Crippen LogP contribution < -0.4 is 15.5 Å². The highest BCUT2D eigenvalue weighted by Crippen LogP contribution is 2.10. The molecule has 2 amide bonds. The fraction of sp³-hybridized carbons (Fsp3) is 0.471. The van der Waals surface area contributed by atoms with Gasteiger partial charge in [0.15, 0.2) is 18.9 Å². The highest BCUT2D eigenvalue weighted by Gasteiger charge is 2.17. The van der Waals surface area contributed by atoms with Crippen LogP contribution in [0.2, 0.25) is 0 Å². The van der Waals surface area contributed by atoms with Gasteiger partial charge in [0, 0.05) is 17.3 Å². The van der Waals surface area contributed by atoms with E-state index >= 15 is 0 Å². The quantitative estimate of drug-likeness (QED) is 0.601. The number of benzene rings is 1. The third-order valence-corrected chi connectivity index (χ3v) is 3.32. The number of hydrogen-bond acceptors (Lipinski definition) is 3. The first-order valence-electron chi connectivity index (χ1n) is 7.85. The van der Waals surface area contributed by atoms with Gasteiger partial charge in [0.2, 0.25) is 0 Å². The van der Waals surface area contributed by atoms with E-state index in [1.165, 1.54) is 6.92 Å². The zero-order valence-corrected chi connectivity index (χ0v) is 14.2. The maximum atomic E-state index is 12.1. The van der Waals surface area contributed by atoms with Crippen LogP contribution in [-0.4, -0.2) is 43.3 Å². The van der Waals surface area contributed by atoms with E-state index in [-0.39, 0.29) is 36.7 Å². The topological polar surface area (TPSA) is 79.7 Å². The molecule has 23 heavy (non-hydrogen) atoms. The third-order valence-electron chi connectivity index (χ3n) is 3.32. The van der Waals surface area contributed by atoms with Gasteiger partial charge < -0.3 is 15.5 Å². The first-order chi connectivity index (χ1) is 10.8. The molecule has 6 nitrogen and oxygen atoms in total. The van der Waals surface area contributed by atoms with Crippen molar-refractivity contribution in [1.82, 2.24) is 5.32 Å².